The number of quaternary nitrogens is 1. The minimum atomic E-state index is -0.278. The fourth-order valence-corrected chi connectivity index (χ4v) is 8.11. The van der Waals surface area contributed by atoms with Gasteiger partial charge >= 0.3 is 0 Å². The molecule has 0 radical (unpaired) electrons. The number of hydrogen-bond acceptors (Lipinski definition) is 3. The number of nitrogens with one attached hydrogen (secondary N) is 1. The lowest BCUT2D eigenvalue weighted by molar-refractivity contribution is -1.02. The van der Waals surface area contributed by atoms with Gasteiger partial charge in [0.1, 0.15) is 6.04 Å². The van der Waals surface area contributed by atoms with E-state index in [2.05, 4.69) is 43.6 Å². The molecule has 1 spiro atoms. The second kappa shape index (κ2) is 4.00. The predicted octanol–water partition coefficient (Wildman–Crippen LogP) is 1.67. The highest BCUT2D eigenvalue weighted by atomic mass is 16.3. The number of para-hydroxylation sites is 1. The van der Waals surface area contributed by atoms with Crippen LogP contribution in [0.4, 0.5) is 5.69 Å². The molecular formula is C20H27N2O2+. The molecule has 3 N–H and O–H groups in total. The van der Waals surface area contributed by atoms with Crippen molar-refractivity contribution < 1.29 is 14.7 Å². The van der Waals surface area contributed by atoms with Gasteiger partial charge in [0.05, 0.1) is 30.7 Å². The topological polar surface area (TPSA) is 52.5 Å². The molecule has 0 aromatic heterocycles. The van der Waals surface area contributed by atoms with Crippen molar-refractivity contribution in [1.82, 2.24) is 0 Å². The summed E-state index contributed by atoms with van der Waals surface area (Å²) in [6, 6.07) is 9.66. The van der Waals surface area contributed by atoms with E-state index in [9.17, 15) is 10.2 Å². The van der Waals surface area contributed by atoms with Crippen molar-refractivity contribution in [3.8, 4) is 0 Å². The normalized spacial score (nSPS) is 58.5. The maximum absolute atomic E-state index is 11.6. The SMILES string of the molecule is CC[C@@H]1[C@@H](O)[N+]2(C)[C@H]3CC45c6ccccc6N[C@H]4[C@@H]2C[C@H]1C3[C@H]5O. The van der Waals surface area contributed by atoms with Gasteiger partial charge in [-0.05, 0) is 24.0 Å². The molecule has 3 unspecified atom stereocenters. The van der Waals surface area contributed by atoms with Gasteiger partial charge in [0.25, 0.3) is 0 Å². The summed E-state index contributed by atoms with van der Waals surface area (Å²) < 4.78 is 0.768. The van der Waals surface area contributed by atoms with Gasteiger partial charge in [-0.25, -0.2) is 0 Å². The Bertz CT molecular complexity index is 738. The fourth-order valence-electron chi connectivity index (χ4n) is 8.11. The zero-order valence-electron chi connectivity index (χ0n) is 14.4. The van der Waals surface area contributed by atoms with Crippen molar-refractivity contribution in [2.45, 2.75) is 62.1 Å². The number of rotatable bonds is 1. The van der Waals surface area contributed by atoms with Crippen LogP contribution in [0.3, 0.4) is 0 Å². The van der Waals surface area contributed by atoms with Crippen molar-refractivity contribution >= 4 is 5.69 Å². The van der Waals surface area contributed by atoms with Crippen LogP contribution in [0.25, 0.3) is 0 Å². The Morgan fingerprint density at radius 2 is 2.04 bits per heavy atom. The average Bonchev–Trinajstić information content (AvgIpc) is 3.03. The quantitative estimate of drug-likeness (QED) is 0.688. The number of nitrogens with zero attached hydrogens (tertiary/aromatic N) is 1. The molecule has 5 aliphatic heterocycles. The van der Waals surface area contributed by atoms with Crippen molar-refractivity contribution in [3.63, 3.8) is 0 Å². The van der Waals surface area contributed by atoms with Crippen LogP contribution in [0.15, 0.2) is 24.3 Å². The third-order valence-electron chi connectivity index (χ3n) is 8.97. The Labute approximate surface area is 143 Å². The third-order valence-corrected chi connectivity index (χ3v) is 8.97. The van der Waals surface area contributed by atoms with E-state index in [1.54, 1.807) is 0 Å². The highest BCUT2D eigenvalue weighted by molar-refractivity contribution is 5.65. The zero-order chi connectivity index (χ0) is 16.4. The van der Waals surface area contributed by atoms with Crippen LogP contribution in [0.2, 0.25) is 0 Å². The van der Waals surface area contributed by atoms with Crippen LogP contribution < -0.4 is 5.32 Å². The Hall–Kier alpha value is -1.10. The number of aliphatic hydroxyl groups excluding tert-OH is 2. The van der Waals surface area contributed by atoms with Gasteiger partial charge in [0, 0.05) is 30.4 Å². The predicted molar refractivity (Wildman–Crippen MR) is 91.3 cm³/mol. The summed E-state index contributed by atoms with van der Waals surface area (Å²) in [7, 11) is 2.28. The molecule has 4 heteroatoms. The first-order valence-electron chi connectivity index (χ1n) is 9.63. The smallest absolute Gasteiger partial charge is 0.193 e. The molecule has 7 rings (SSSR count). The van der Waals surface area contributed by atoms with E-state index >= 15 is 0 Å². The third kappa shape index (κ3) is 1.15. The molecule has 1 aromatic carbocycles. The van der Waals surface area contributed by atoms with E-state index < -0.39 is 0 Å². The summed E-state index contributed by atoms with van der Waals surface area (Å²) in [5.74, 6) is 1.16. The van der Waals surface area contributed by atoms with Crippen molar-refractivity contribution in [3.05, 3.63) is 29.8 Å². The molecule has 1 aliphatic carbocycles. The van der Waals surface area contributed by atoms with Gasteiger partial charge < -0.3 is 15.5 Å². The lowest BCUT2D eigenvalue weighted by atomic mass is 9.61. The van der Waals surface area contributed by atoms with E-state index in [4.69, 9.17) is 0 Å². The van der Waals surface area contributed by atoms with Gasteiger partial charge in [-0.1, -0.05) is 25.1 Å². The number of hydrogen-bond donors (Lipinski definition) is 3. The Kier molecular flexibility index (Phi) is 2.35. The molecule has 4 saturated heterocycles. The molecule has 5 bridgehead atoms. The second-order valence-corrected chi connectivity index (χ2v) is 9.18. The van der Waals surface area contributed by atoms with Crippen LogP contribution >= 0.6 is 0 Å². The van der Waals surface area contributed by atoms with E-state index in [1.165, 1.54) is 11.3 Å². The number of aliphatic hydroxyl groups is 2. The Balaban J connectivity index is 1.61. The monoisotopic (exact) mass is 327 g/mol. The largest absolute Gasteiger partial charge is 0.392 e. The van der Waals surface area contributed by atoms with Crippen LogP contribution in [0.5, 0.6) is 0 Å². The standard InChI is InChI=1S/C20H27N2O2/c1-3-10-11-8-14-17-20(12-6-4-5-7-13(12)21-17)9-15(16(11)18(20)23)22(14,2)19(10)24/h4-7,10-11,14-19,21,23-24H,3,8-9H2,1-2H3/q+1/t10-,11+,14-,15-,16?,17-,18+,19+,20?,22?/m0/s1. The molecule has 4 nitrogen and oxygen atoms in total. The van der Waals surface area contributed by atoms with Crippen molar-refractivity contribution in [1.29, 1.82) is 0 Å². The summed E-state index contributed by atoms with van der Waals surface area (Å²) in [6.45, 7) is 2.20. The lowest BCUT2D eigenvalue weighted by Crippen LogP contribution is -2.80. The summed E-state index contributed by atoms with van der Waals surface area (Å²) in [5.41, 5.74) is 2.40. The number of anilines is 1. The molecular weight excluding hydrogens is 300 g/mol. The first-order chi connectivity index (χ1) is 11.5. The van der Waals surface area contributed by atoms with Crippen LogP contribution in [-0.4, -0.2) is 52.2 Å². The summed E-state index contributed by atoms with van der Waals surface area (Å²) >= 11 is 0. The Morgan fingerprint density at radius 3 is 2.83 bits per heavy atom. The molecule has 24 heavy (non-hydrogen) atoms. The lowest BCUT2D eigenvalue weighted by Gasteiger charge is -2.66. The molecule has 1 aromatic rings. The minimum absolute atomic E-state index is 0.133. The molecule has 5 fully saturated rings. The maximum atomic E-state index is 11.6. The zero-order valence-corrected chi connectivity index (χ0v) is 14.4. The number of piperidine rings is 4. The average molecular weight is 327 g/mol. The molecule has 5 heterocycles. The second-order valence-electron chi connectivity index (χ2n) is 9.18. The number of benzene rings is 1. The van der Waals surface area contributed by atoms with E-state index in [0.29, 0.717) is 29.8 Å². The summed E-state index contributed by atoms with van der Waals surface area (Å²) in [6.07, 6.45) is 2.64. The highest BCUT2D eigenvalue weighted by Crippen LogP contribution is 2.70. The van der Waals surface area contributed by atoms with E-state index in [1.807, 2.05) is 0 Å². The van der Waals surface area contributed by atoms with Gasteiger partial charge in [-0.2, -0.15) is 0 Å². The molecule has 0 amide bonds. The van der Waals surface area contributed by atoms with Gasteiger partial charge in [0.15, 0.2) is 6.23 Å². The summed E-state index contributed by atoms with van der Waals surface area (Å²) in [4.78, 5) is 0. The summed E-state index contributed by atoms with van der Waals surface area (Å²) in [5, 5.41) is 26.6. The maximum Gasteiger partial charge on any atom is 0.193 e. The Morgan fingerprint density at radius 1 is 1.25 bits per heavy atom. The van der Waals surface area contributed by atoms with E-state index in [0.717, 1.165) is 23.7 Å². The van der Waals surface area contributed by atoms with Crippen molar-refractivity contribution in [2.75, 3.05) is 12.4 Å². The molecule has 10 atom stereocenters. The minimum Gasteiger partial charge on any atom is -0.392 e. The number of likely N-dealkylation sites (N-methyl/N-ethyl adjacent to an activating group) is 1. The molecule has 6 aliphatic rings. The van der Waals surface area contributed by atoms with Crippen LogP contribution in [0.1, 0.15) is 31.7 Å². The van der Waals surface area contributed by atoms with Gasteiger partial charge in [0.2, 0.25) is 0 Å². The van der Waals surface area contributed by atoms with Crippen molar-refractivity contribution in [2.24, 2.45) is 17.8 Å². The van der Waals surface area contributed by atoms with Crippen LogP contribution in [0, 0.1) is 17.8 Å². The van der Waals surface area contributed by atoms with Gasteiger partial charge in [-0.3, -0.25) is 4.48 Å². The molecule has 1 saturated carbocycles. The van der Waals surface area contributed by atoms with E-state index in [-0.39, 0.29) is 23.8 Å². The highest BCUT2D eigenvalue weighted by Gasteiger charge is 2.81. The first kappa shape index (κ1) is 14.1. The number of fused-ring (bicyclic) bond motifs is 2. The fraction of sp³-hybridized carbons (Fsp3) is 0.700. The van der Waals surface area contributed by atoms with Crippen LogP contribution in [-0.2, 0) is 5.41 Å². The molecule has 128 valence electrons. The van der Waals surface area contributed by atoms with Gasteiger partial charge in [-0.15, -0.1) is 0 Å². The first-order valence-corrected chi connectivity index (χ1v) is 9.63.